The highest BCUT2D eigenvalue weighted by Gasteiger charge is 2.09. The van der Waals surface area contributed by atoms with E-state index in [9.17, 15) is 14.9 Å². The standard InChI is InChI=1S/C9H10N2O4/c1-10-6-8(11(13)14)5-7(10)3-4-9(12)15-2/h3-6H,1-2H3. The molecule has 0 unspecified atom stereocenters. The molecular formula is C9H10N2O4. The topological polar surface area (TPSA) is 74.4 Å². The molecule has 0 spiro atoms. The minimum Gasteiger partial charge on any atom is -0.466 e. The molecule has 6 nitrogen and oxygen atoms in total. The SMILES string of the molecule is COC(=O)C=Cc1cc([N+](=O)[O-])cn1C. The van der Waals surface area contributed by atoms with Crippen molar-refractivity contribution in [2.45, 2.75) is 0 Å². The van der Waals surface area contributed by atoms with Crippen LogP contribution < -0.4 is 0 Å². The first kappa shape index (κ1) is 11.0. The predicted octanol–water partition coefficient (Wildman–Crippen LogP) is 1.12. The lowest BCUT2D eigenvalue weighted by molar-refractivity contribution is -0.384. The molecule has 1 aromatic heterocycles. The van der Waals surface area contributed by atoms with Crippen LogP contribution >= 0.6 is 0 Å². The molecule has 0 saturated carbocycles. The number of carbonyl (C=O) groups is 1. The Bertz CT molecular complexity index is 420. The lowest BCUT2D eigenvalue weighted by Crippen LogP contribution is -1.94. The maximum Gasteiger partial charge on any atom is 0.330 e. The van der Waals surface area contributed by atoms with Crippen molar-refractivity contribution in [2.75, 3.05) is 7.11 Å². The second-order valence-electron chi connectivity index (χ2n) is 2.85. The Morgan fingerprint density at radius 1 is 1.67 bits per heavy atom. The van der Waals surface area contributed by atoms with Crippen LogP contribution in [0, 0.1) is 10.1 Å². The van der Waals surface area contributed by atoms with Crippen molar-refractivity contribution in [3.63, 3.8) is 0 Å². The van der Waals surface area contributed by atoms with E-state index in [1.807, 2.05) is 0 Å². The number of methoxy groups -OCH3 is 1. The van der Waals surface area contributed by atoms with Gasteiger partial charge in [-0.15, -0.1) is 0 Å². The number of carbonyl (C=O) groups excluding carboxylic acids is 1. The molecule has 15 heavy (non-hydrogen) atoms. The van der Waals surface area contributed by atoms with E-state index in [2.05, 4.69) is 4.74 Å². The van der Waals surface area contributed by atoms with Crippen LogP contribution in [-0.4, -0.2) is 22.6 Å². The maximum absolute atomic E-state index is 10.8. The van der Waals surface area contributed by atoms with Gasteiger partial charge in [0.1, 0.15) is 0 Å². The van der Waals surface area contributed by atoms with Gasteiger partial charge in [0.25, 0.3) is 5.69 Å². The molecule has 0 saturated heterocycles. The van der Waals surface area contributed by atoms with Crippen LogP contribution in [0.1, 0.15) is 5.69 Å². The van der Waals surface area contributed by atoms with E-state index in [4.69, 9.17) is 0 Å². The zero-order valence-corrected chi connectivity index (χ0v) is 8.34. The van der Waals surface area contributed by atoms with Gasteiger partial charge in [-0.05, 0) is 6.08 Å². The fraction of sp³-hybridized carbons (Fsp3) is 0.222. The largest absolute Gasteiger partial charge is 0.466 e. The second kappa shape index (κ2) is 4.41. The first-order valence-corrected chi connectivity index (χ1v) is 4.11. The molecule has 1 rings (SSSR count). The molecule has 0 N–H and O–H groups in total. The van der Waals surface area contributed by atoms with E-state index in [-0.39, 0.29) is 5.69 Å². The van der Waals surface area contributed by atoms with Crippen LogP contribution in [-0.2, 0) is 16.6 Å². The Labute approximate surface area is 85.9 Å². The third-order valence-corrected chi connectivity index (χ3v) is 1.83. The maximum atomic E-state index is 10.8. The highest BCUT2D eigenvalue weighted by atomic mass is 16.6. The van der Waals surface area contributed by atoms with E-state index in [0.29, 0.717) is 5.69 Å². The number of hydrogen-bond acceptors (Lipinski definition) is 4. The number of nitrogens with zero attached hydrogens (tertiary/aromatic N) is 2. The molecule has 0 radical (unpaired) electrons. The van der Waals surface area contributed by atoms with Crippen molar-refractivity contribution in [3.05, 3.63) is 34.1 Å². The summed E-state index contributed by atoms with van der Waals surface area (Å²) in [7, 11) is 2.92. The Morgan fingerprint density at radius 3 is 2.80 bits per heavy atom. The molecule has 0 aliphatic rings. The Hall–Kier alpha value is -2.11. The average molecular weight is 210 g/mol. The summed E-state index contributed by atoms with van der Waals surface area (Å²) < 4.78 is 5.95. The molecule has 0 fully saturated rings. The van der Waals surface area contributed by atoms with Gasteiger partial charge in [0.15, 0.2) is 0 Å². The van der Waals surface area contributed by atoms with Crippen LogP contribution in [0.2, 0.25) is 0 Å². The zero-order chi connectivity index (χ0) is 11.4. The van der Waals surface area contributed by atoms with Gasteiger partial charge in [0.05, 0.1) is 18.2 Å². The van der Waals surface area contributed by atoms with Gasteiger partial charge in [-0.3, -0.25) is 10.1 Å². The molecule has 0 aliphatic heterocycles. The average Bonchev–Trinajstić information content (AvgIpc) is 2.56. The Kier molecular flexibility index (Phi) is 3.22. The van der Waals surface area contributed by atoms with Crippen LogP contribution in [0.3, 0.4) is 0 Å². The van der Waals surface area contributed by atoms with Crippen LogP contribution in [0.25, 0.3) is 6.08 Å². The van der Waals surface area contributed by atoms with Gasteiger partial charge >= 0.3 is 5.97 Å². The van der Waals surface area contributed by atoms with Crippen LogP contribution in [0.5, 0.6) is 0 Å². The molecule has 0 amide bonds. The van der Waals surface area contributed by atoms with Crippen molar-refractivity contribution in [1.82, 2.24) is 4.57 Å². The number of nitro groups is 1. The molecule has 1 heterocycles. The summed E-state index contributed by atoms with van der Waals surface area (Å²) in [5.41, 5.74) is 0.550. The number of aromatic nitrogens is 1. The first-order valence-electron chi connectivity index (χ1n) is 4.11. The summed E-state index contributed by atoms with van der Waals surface area (Å²) >= 11 is 0. The van der Waals surface area contributed by atoms with Gasteiger partial charge in [-0.2, -0.15) is 0 Å². The summed E-state index contributed by atoms with van der Waals surface area (Å²) in [6.07, 6.45) is 4.04. The molecule has 0 aliphatic carbocycles. The van der Waals surface area contributed by atoms with Gasteiger partial charge in [-0.1, -0.05) is 0 Å². The third kappa shape index (κ3) is 2.67. The number of ether oxygens (including phenoxy) is 1. The van der Waals surface area contributed by atoms with Gasteiger partial charge in [-0.25, -0.2) is 4.79 Å². The molecule has 1 aromatic rings. The van der Waals surface area contributed by atoms with Crippen molar-refractivity contribution < 1.29 is 14.5 Å². The monoisotopic (exact) mass is 210 g/mol. The fourth-order valence-electron chi connectivity index (χ4n) is 1.05. The van der Waals surface area contributed by atoms with Gasteiger partial charge in [0, 0.05) is 24.9 Å². The Balaban J connectivity index is 2.91. The smallest absolute Gasteiger partial charge is 0.330 e. The van der Waals surface area contributed by atoms with Crippen LogP contribution in [0.15, 0.2) is 18.3 Å². The van der Waals surface area contributed by atoms with Crippen molar-refractivity contribution in [2.24, 2.45) is 7.05 Å². The van der Waals surface area contributed by atoms with Crippen LogP contribution in [0.4, 0.5) is 5.69 Å². The summed E-state index contributed by atoms with van der Waals surface area (Å²) in [5.74, 6) is -0.501. The van der Waals surface area contributed by atoms with E-state index in [1.165, 1.54) is 31.5 Å². The number of hydrogen-bond donors (Lipinski definition) is 0. The van der Waals surface area contributed by atoms with E-state index < -0.39 is 10.9 Å². The summed E-state index contributed by atoms with van der Waals surface area (Å²) in [6.45, 7) is 0. The van der Waals surface area contributed by atoms with Gasteiger partial charge < -0.3 is 9.30 Å². The fourth-order valence-corrected chi connectivity index (χ4v) is 1.05. The minimum atomic E-state index is -0.501. The lowest BCUT2D eigenvalue weighted by Gasteiger charge is -1.93. The van der Waals surface area contributed by atoms with Gasteiger partial charge in [0.2, 0.25) is 0 Å². The molecule has 0 bridgehead atoms. The van der Waals surface area contributed by atoms with E-state index >= 15 is 0 Å². The number of esters is 1. The second-order valence-corrected chi connectivity index (χ2v) is 2.85. The zero-order valence-electron chi connectivity index (χ0n) is 8.34. The highest BCUT2D eigenvalue weighted by Crippen LogP contribution is 2.16. The highest BCUT2D eigenvalue weighted by molar-refractivity contribution is 5.86. The molecule has 0 atom stereocenters. The quantitative estimate of drug-likeness (QED) is 0.324. The number of rotatable bonds is 3. The van der Waals surface area contributed by atoms with E-state index in [0.717, 1.165) is 0 Å². The summed E-state index contributed by atoms with van der Waals surface area (Å²) in [6, 6.07) is 1.37. The molecule has 0 aromatic carbocycles. The normalized spacial score (nSPS) is 10.5. The number of aryl methyl sites for hydroxylation is 1. The molecule has 6 heteroatoms. The summed E-state index contributed by atoms with van der Waals surface area (Å²) in [4.78, 5) is 20.7. The predicted molar refractivity (Wildman–Crippen MR) is 53.1 cm³/mol. The van der Waals surface area contributed by atoms with E-state index in [1.54, 1.807) is 11.6 Å². The first-order chi connectivity index (χ1) is 7.04. The molecular weight excluding hydrogens is 200 g/mol. The van der Waals surface area contributed by atoms with Crippen molar-refractivity contribution >= 4 is 17.7 Å². The van der Waals surface area contributed by atoms with Crippen molar-refractivity contribution in [1.29, 1.82) is 0 Å². The summed E-state index contributed by atoms with van der Waals surface area (Å²) in [5, 5.41) is 10.4. The molecule has 80 valence electrons. The Morgan fingerprint density at radius 2 is 2.33 bits per heavy atom. The minimum absolute atomic E-state index is 0.0120. The lowest BCUT2D eigenvalue weighted by atomic mass is 10.3. The third-order valence-electron chi connectivity index (χ3n) is 1.83. The van der Waals surface area contributed by atoms with Crippen molar-refractivity contribution in [3.8, 4) is 0 Å².